The normalized spacial score (nSPS) is 23.7. The monoisotopic (exact) mass is 420 g/mol. The van der Waals surface area contributed by atoms with Crippen molar-refractivity contribution in [1.82, 2.24) is 0 Å². The van der Waals surface area contributed by atoms with E-state index in [0.29, 0.717) is 32.1 Å². The Hall–Kier alpha value is -1.67. The minimum Gasteiger partial charge on any atom is -0.479 e. The number of halogens is 3. The van der Waals surface area contributed by atoms with Crippen LogP contribution in [-0.2, 0) is 9.59 Å². The molecular weight excluding hydrogens is 389 g/mol. The van der Waals surface area contributed by atoms with E-state index in [1.54, 1.807) is 25.2 Å². The van der Waals surface area contributed by atoms with Gasteiger partial charge in [0.25, 0.3) is 0 Å². The zero-order valence-electron chi connectivity index (χ0n) is 16.7. The molecule has 0 aromatic carbocycles. The molecule has 0 bridgehead atoms. The van der Waals surface area contributed by atoms with Crippen LogP contribution in [0.25, 0.3) is 0 Å². The highest BCUT2D eigenvalue weighted by molar-refractivity contribution is 5.83. The van der Waals surface area contributed by atoms with Gasteiger partial charge < -0.3 is 15.3 Å². The van der Waals surface area contributed by atoms with Crippen LogP contribution in [0.3, 0.4) is 0 Å². The van der Waals surface area contributed by atoms with Gasteiger partial charge >= 0.3 is 12.1 Å². The number of ketones is 1. The van der Waals surface area contributed by atoms with Crippen LogP contribution in [0.5, 0.6) is 0 Å². The van der Waals surface area contributed by atoms with Gasteiger partial charge in [-0.05, 0) is 38.0 Å². The molecule has 1 fully saturated rings. The number of Topliss-reactive ketones (excluding diaryl/α,β-unsaturated/α-hetero) is 1. The Kier molecular flexibility index (Phi) is 10.1. The fraction of sp³-hybridized carbons (Fsp3) is 0.714. The molecule has 0 radical (unpaired) electrons. The lowest BCUT2D eigenvalue weighted by Gasteiger charge is -2.29. The number of aliphatic hydroxyl groups is 2. The van der Waals surface area contributed by atoms with E-state index in [4.69, 9.17) is 5.11 Å². The van der Waals surface area contributed by atoms with Crippen molar-refractivity contribution in [1.29, 1.82) is 0 Å². The third-order valence-corrected chi connectivity index (χ3v) is 5.41. The van der Waals surface area contributed by atoms with Gasteiger partial charge in [0.1, 0.15) is 5.78 Å². The molecule has 1 aliphatic rings. The summed E-state index contributed by atoms with van der Waals surface area (Å²) in [7, 11) is 0. The summed E-state index contributed by atoms with van der Waals surface area (Å²) < 4.78 is 39.6. The highest BCUT2D eigenvalue weighted by Crippen LogP contribution is 2.38. The summed E-state index contributed by atoms with van der Waals surface area (Å²) in [5.41, 5.74) is -2.75. The molecule has 0 aromatic heterocycles. The minimum atomic E-state index is -4.71. The fourth-order valence-corrected chi connectivity index (χ4v) is 3.48. The Morgan fingerprint density at radius 1 is 1.28 bits per heavy atom. The van der Waals surface area contributed by atoms with E-state index >= 15 is 0 Å². The van der Waals surface area contributed by atoms with Crippen LogP contribution in [0, 0.1) is 11.8 Å². The smallest absolute Gasteiger partial charge is 0.417 e. The molecule has 0 heterocycles. The largest absolute Gasteiger partial charge is 0.479 e. The van der Waals surface area contributed by atoms with Crippen LogP contribution in [0.2, 0.25) is 0 Å². The second-order valence-electron chi connectivity index (χ2n) is 7.68. The highest BCUT2D eigenvalue weighted by atomic mass is 19.4. The molecule has 29 heavy (non-hydrogen) atoms. The number of carboxylic acid groups (broad SMARTS) is 1. The van der Waals surface area contributed by atoms with Gasteiger partial charge in [-0.25, -0.2) is 4.79 Å². The number of carboxylic acids is 1. The van der Waals surface area contributed by atoms with Gasteiger partial charge in [0.05, 0.1) is 0 Å². The number of rotatable bonds is 12. The molecule has 166 valence electrons. The van der Waals surface area contributed by atoms with Crippen LogP contribution in [-0.4, -0.2) is 45.0 Å². The maximum Gasteiger partial charge on any atom is 0.417 e. The first-order chi connectivity index (χ1) is 13.5. The summed E-state index contributed by atoms with van der Waals surface area (Å²) in [5.74, 6) is -1.75. The van der Waals surface area contributed by atoms with Crippen LogP contribution in [0.1, 0.15) is 64.7 Å². The number of allylic oxidation sites excluding steroid dienone is 3. The van der Waals surface area contributed by atoms with Crippen LogP contribution < -0.4 is 0 Å². The quantitative estimate of drug-likeness (QED) is 0.412. The number of aliphatic hydroxyl groups excluding tert-OH is 1. The molecular formula is C21H31F3O5. The van der Waals surface area contributed by atoms with Gasteiger partial charge in [0.2, 0.25) is 0 Å². The maximum atomic E-state index is 13.2. The number of alkyl halides is 3. The summed E-state index contributed by atoms with van der Waals surface area (Å²) >= 11 is 0. The summed E-state index contributed by atoms with van der Waals surface area (Å²) in [6, 6.07) is 0. The molecule has 1 rings (SSSR count). The maximum absolute atomic E-state index is 13.2. The molecule has 0 spiro atoms. The van der Waals surface area contributed by atoms with Crippen molar-refractivity contribution in [2.75, 3.05) is 0 Å². The highest BCUT2D eigenvalue weighted by Gasteiger charge is 2.52. The first-order valence-corrected chi connectivity index (χ1v) is 10.1. The van der Waals surface area contributed by atoms with E-state index in [1.165, 1.54) is 6.08 Å². The van der Waals surface area contributed by atoms with Crippen LogP contribution in [0.15, 0.2) is 24.3 Å². The SMILES string of the molecule is CCCCC(O)(CC=C[C@H]1CCC(=O)[C@@H]1CC=CCCC(O)C(=O)O)C(F)(F)F. The fourth-order valence-electron chi connectivity index (χ4n) is 3.48. The molecule has 0 aromatic rings. The standard InChI is InChI=1S/C21H31F3O5/c1-2-3-13-20(29,21(22,23)24)14-7-8-15-11-12-17(25)16(15)9-5-4-6-10-18(26)19(27)28/h4-5,7-8,15-16,18,26,29H,2-3,6,9-14H2,1H3,(H,27,28)/t15-,16+,18?,20?/m0/s1. The van der Waals surface area contributed by atoms with Gasteiger partial charge in [-0.3, -0.25) is 4.79 Å². The first-order valence-electron chi connectivity index (χ1n) is 10.1. The van der Waals surface area contributed by atoms with Crippen molar-refractivity contribution >= 4 is 11.8 Å². The molecule has 4 atom stereocenters. The second kappa shape index (κ2) is 11.5. The molecule has 0 saturated heterocycles. The zero-order valence-corrected chi connectivity index (χ0v) is 16.7. The topological polar surface area (TPSA) is 94.8 Å². The summed E-state index contributed by atoms with van der Waals surface area (Å²) in [4.78, 5) is 22.6. The van der Waals surface area contributed by atoms with Gasteiger partial charge in [-0.2, -0.15) is 13.2 Å². The number of aliphatic carboxylic acids is 1. The van der Waals surface area contributed by atoms with E-state index in [0.717, 1.165) is 0 Å². The first kappa shape index (κ1) is 25.4. The van der Waals surface area contributed by atoms with E-state index in [-0.39, 0.29) is 36.9 Å². The molecule has 5 nitrogen and oxygen atoms in total. The minimum absolute atomic E-state index is 0.0481. The van der Waals surface area contributed by atoms with Gasteiger partial charge in [-0.15, -0.1) is 0 Å². The lowest BCUT2D eigenvalue weighted by Crippen LogP contribution is -2.44. The van der Waals surface area contributed by atoms with Crippen molar-refractivity contribution in [2.24, 2.45) is 11.8 Å². The molecule has 1 saturated carbocycles. The number of hydrogen-bond acceptors (Lipinski definition) is 4. The van der Waals surface area contributed by atoms with Gasteiger partial charge in [0.15, 0.2) is 11.7 Å². The zero-order chi connectivity index (χ0) is 22.1. The average Bonchev–Trinajstić information content (AvgIpc) is 2.98. The second-order valence-corrected chi connectivity index (χ2v) is 7.68. The molecule has 0 aliphatic heterocycles. The van der Waals surface area contributed by atoms with Gasteiger partial charge in [0, 0.05) is 18.8 Å². The molecule has 8 heteroatoms. The number of carbonyl (C=O) groups is 2. The predicted molar refractivity (Wildman–Crippen MR) is 102 cm³/mol. The van der Waals surface area contributed by atoms with Gasteiger partial charge in [-0.1, -0.05) is 44.1 Å². The molecule has 0 amide bonds. The van der Waals surface area contributed by atoms with Crippen molar-refractivity contribution in [2.45, 2.75) is 82.6 Å². The van der Waals surface area contributed by atoms with E-state index in [2.05, 4.69) is 0 Å². The lowest BCUT2D eigenvalue weighted by molar-refractivity contribution is -0.261. The van der Waals surface area contributed by atoms with Crippen molar-refractivity contribution in [3.05, 3.63) is 24.3 Å². The van der Waals surface area contributed by atoms with Crippen LogP contribution in [0.4, 0.5) is 13.2 Å². The van der Waals surface area contributed by atoms with E-state index in [9.17, 15) is 33.0 Å². The lowest BCUT2D eigenvalue weighted by atomic mass is 9.88. The Bertz CT molecular complexity index is 600. The molecule has 2 unspecified atom stereocenters. The number of unbranched alkanes of at least 4 members (excludes halogenated alkanes) is 1. The van der Waals surface area contributed by atoms with Crippen molar-refractivity contribution < 1.29 is 38.1 Å². The van der Waals surface area contributed by atoms with E-state index in [1.807, 2.05) is 0 Å². The number of hydrogen-bond donors (Lipinski definition) is 3. The Balaban J connectivity index is 2.62. The molecule has 1 aliphatic carbocycles. The van der Waals surface area contributed by atoms with Crippen LogP contribution >= 0.6 is 0 Å². The molecule has 3 N–H and O–H groups in total. The summed E-state index contributed by atoms with van der Waals surface area (Å²) in [6.45, 7) is 1.76. The Morgan fingerprint density at radius 3 is 2.55 bits per heavy atom. The predicted octanol–water partition coefficient (Wildman–Crippen LogP) is 4.18. The van der Waals surface area contributed by atoms with Crippen molar-refractivity contribution in [3.8, 4) is 0 Å². The summed E-state index contributed by atoms with van der Waals surface area (Å²) in [6.07, 6.45) is 1.97. The third-order valence-electron chi connectivity index (χ3n) is 5.41. The number of carbonyl (C=O) groups excluding carboxylic acids is 1. The average molecular weight is 420 g/mol. The third kappa shape index (κ3) is 7.93. The van der Waals surface area contributed by atoms with E-state index < -0.39 is 30.3 Å². The Morgan fingerprint density at radius 2 is 1.97 bits per heavy atom. The summed E-state index contributed by atoms with van der Waals surface area (Å²) in [5, 5.41) is 27.8. The van der Waals surface area contributed by atoms with Crippen molar-refractivity contribution in [3.63, 3.8) is 0 Å². The Labute approximate surface area is 169 Å².